The van der Waals surface area contributed by atoms with Gasteiger partial charge in [0.15, 0.2) is 0 Å². The molecule has 1 rings (SSSR count). The maximum absolute atomic E-state index is 11.5. The molecule has 0 atom stereocenters. The first-order chi connectivity index (χ1) is 7.37. The van der Waals surface area contributed by atoms with Crippen molar-refractivity contribution in [2.24, 2.45) is 5.41 Å². The van der Waals surface area contributed by atoms with Crippen LogP contribution in [0.25, 0.3) is 0 Å². The number of piperidine rings is 1. The van der Waals surface area contributed by atoms with Gasteiger partial charge in [-0.2, -0.15) is 0 Å². The minimum Gasteiger partial charge on any atom is -0.323 e. The van der Waals surface area contributed by atoms with Gasteiger partial charge in [-0.3, -0.25) is 14.5 Å². The minimum atomic E-state index is -0.140. The number of carbonyl (C=O) groups excluding carboxylic acids is 2. The number of hydrogen-bond donors (Lipinski definition) is 1. The SMILES string of the molecule is CCCN1C(=O)CC(C)(C)CC1=O.CNC. The van der Waals surface area contributed by atoms with Gasteiger partial charge in [-0.05, 0) is 25.9 Å². The molecule has 0 aliphatic carbocycles. The van der Waals surface area contributed by atoms with Crippen LogP contribution in [0.5, 0.6) is 0 Å². The highest BCUT2D eigenvalue weighted by molar-refractivity contribution is 5.98. The number of imide groups is 1. The topological polar surface area (TPSA) is 49.4 Å². The minimum absolute atomic E-state index is 0.0110. The summed E-state index contributed by atoms with van der Waals surface area (Å²) in [6.07, 6.45) is 1.84. The number of likely N-dealkylation sites (tertiary alicyclic amines) is 1. The second-order valence-corrected chi connectivity index (χ2v) is 4.96. The highest BCUT2D eigenvalue weighted by Crippen LogP contribution is 2.31. The second-order valence-electron chi connectivity index (χ2n) is 4.96. The summed E-state index contributed by atoms with van der Waals surface area (Å²) >= 11 is 0. The van der Waals surface area contributed by atoms with Gasteiger partial charge < -0.3 is 5.32 Å². The van der Waals surface area contributed by atoms with E-state index < -0.39 is 0 Å². The summed E-state index contributed by atoms with van der Waals surface area (Å²) in [6.45, 7) is 6.48. The molecule has 0 aromatic carbocycles. The molecule has 1 aliphatic rings. The summed E-state index contributed by atoms with van der Waals surface area (Å²) in [5, 5.41) is 2.75. The molecule has 0 aromatic rings. The molecule has 1 aliphatic heterocycles. The standard InChI is InChI=1S/C10H17NO2.C2H7N/c1-4-5-11-8(12)6-10(2,3)7-9(11)13;1-3-2/h4-7H2,1-3H3;3H,1-2H3. The summed E-state index contributed by atoms with van der Waals surface area (Å²) in [5.41, 5.74) is -0.140. The molecule has 1 N–H and O–H groups in total. The van der Waals surface area contributed by atoms with E-state index in [1.807, 2.05) is 34.9 Å². The molecular formula is C12H24N2O2. The molecule has 0 aromatic heterocycles. The van der Waals surface area contributed by atoms with Crippen LogP contribution in [0.3, 0.4) is 0 Å². The lowest BCUT2D eigenvalue weighted by atomic mass is 9.82. The summed E-state index contributed by atoms with van der Waals surface area (Å²) in [5.74, 6) is -0.0220. The van der Waals surface area contributed by atoms with Crippen molar-refractivity contribution in [1.29, 1.82) is 0 Å². The molecule has 1 saturated heterocycles. The average Bonchev–Trinajstić information content (AvgIpc) is 2.11. The highest BCUT2D eigenvalue weighted by Gasteiger charge is 2.36. The van der Waals surface area contributed by atoms with E-state index in [0.29, 0.717) is 19.4 Å². The Labute approximate surface area is 98.4 Å². The van der Waals surface area contributed by atoms with E-state index in [1.54, 1.807) is 0 Å². The van der Waals surface area contributed by atoms with Crippen molar-refractivity contribution < 1.29 is 9.59 Å². The van der Waals surface area contributed by atoms with Crippen LogP contribution < -0.4 is 5.32 Å². The van der Waals surface area contributed by atoms with Crippen molar-refractivity contribution in [2.45, 2.75) is 40.0 Å². The van der Waals surface area contributed by atoms with Crippen LogP contribution >= 0.6 is 0 Å². The van der Waals surface area contributed by atoms with E-state index in [2.05, 4.69) is 5.32 Å². The van der Waals surface area contributed by atoms with Gasteiger partial charge in [0.05, 0.1) is 0 Å². The average molecular weight is 228 g/mol. The predicted octanol–water partition coefficient (Wildman–Crippen LogP) is 1.41. The molecule has 1 heterocycles. The largest absolute Gasteiger partial charge is 0.323 e. The number of nitrogens with one attached hydrogen (secondary N) is 1. The molecule has 94 valence electrons. The van der Waals surface area contributed by atoms with Gasteiger partial charge in [-0.1, -0.05) is 20.8 Å². The molecule has 0 bridgehead atoms. The van der Waals surface area contributed by atoms with Gasteiger partial charge in [-0.15, -0.1) is 0 Å². The Morgan fingerprint density at radius 3 is 1.88 bits per heavy atom. The summed E-state index contributed by atoms with van der Waals surface area (Å²) < 4.78 is 0. The molecular weight excluding hydrogens is 204 g/mol. The van der Waals surface area contributed by atoms with E-state index in [1.165, 1.54) is 4.90 Å². The van der Waals surface area contributed by atoms with E-state index in [0.717, 1.165) is 6.42 Å². The zero-order valence-corrected chi connectivity index (χ0v) is 11.1. The zero-order valence-electron chi connectivity index (χ0n) is 11.1. The monoisotopic (exact) mass is 228 g/mol. The van der Waals surface area contributed by atoms with Gasteiger partial charge >= 0.3 is 0 Å². The molecule has 0 radical (unpaired) electrons. The van der Waals surface area contributed by atoms with Crippen LogP contribution in [-0.4, -0.2) is 37.4 Å². The van der Waals surface area contributed by atoms with Crippen LogP contribution in [0.4, 0.5) is 0 Å². The Balaban J connectivity index is 0.000000673. The van der Waals surface area contributed by atoms with Crippen molar-refractivity contribution in [1.82, 2.24) is 10.2 Å². The summed E-state index contributed by atoms with van der Waals surface area (Å²) in [7, 11) is 3.75. The number of hydrogen-bond acceptors (Lipinski definition) is 3. The lowest BCUT2D eigenvalue weighted by molar-refractivity contribution is -0.152. The molecule has 4 nitrogen and oxygen atoms in total. The fourth-order valence-corrected chi connectivity index (χ4v) is 1.68. The van der Waals surface area contributed by atoms with Gasteiger partial charge in [0, 0.05) is 19.4 Å². The molecule has 4 heteroatoms. The highest BCUT2D eigenvalue weighted by atomic mass is 16.2. The molecule has 0 unspecified atom stereocenters. The van der Waals surface area contributed by atoms with Crippen molar-refractivity contribution in [2.75, 3.05) is 20.6 Å². The Bertz CT molecular complexity index is 229. The van der Waals surface area contributed by atoms with Gasteiger partial charge in [0.25, 0.3) is 0 Å². The van der Waals surface area contributed by atoms with Gasteiger partial charge in [0.2, 0.25) is 11.8 Å². The first-order valence-electron chi connectivity index (χ1n) is 5.79. The van der Waals surface area contributed by atoms with E-state index in [9.17, 15) is 9.59 Å². The lowest BCUT2D eigenvalue weighted by Crippen LogP contribution is -2.46. The van der Waals surface area contributed by atoms with E-state index in [4.69, 9.17) is 0 Å². The first-order valence-corrected chi connectivity index (χ1v) is 5.79. The Morgan fingerprint density at radius 1 is 1.19 bits per heavy atom. The van der Waals surface area contributed by atoms with Gasteiger partial charge in [0.1, 0.15) is 0 Å². The number of amides is 2. The van der Waals surface area contributed by atoms with Crippen molar-refractivity contribution in [3.63, 3.8) is 0 Å². The predicted molar refractivity (Wildman–Crippen MR) is 65.0 cm³/mol. The fourth-order valence-electron chi connectivity index (χ4n) is 1.68. The zero-order chi connectivity index (χ0) is 12.8. The molecule has 1 fully saturated rings. The quantitative estimate of drug-likeness (QED) is 0.727. The van der Waals surface area contributed by atoms with E-state index >= 15 is 0 Å². The lowest BCUT2D eigenvalue weighted by Gasteiger charge is -2.34. The Kier molecular flexibility index (Phi) is 6.26. The van der Waals surface area contributed by atoms with Crippen LogP contribution in [0.15, 0.2) is 0 Å². The molecule has 2 amide bonds. The van der Waals surface area contributed by atoms with Gasteiger partial charge in [-0.25, -0.2) is 0 Å². The normalized spacial score (nSPS) is 19.2. The van der Waals surface area contributed by atoms with Crippen LogP contribution in [0.2, 0.25) is 0 Å². The fraction of sp³-hybridized carbons (Fsp3) is 0.833. The molecule has 16 heavy (non-hydrogen) atoms. The molecule has 0 spiro atoms. The third-order valence-corrected chi connectivity index (χ3v) is 2.31. The van der Waals surface area contributed by atoms with Crippen molar-refractivity contribution >= 4 is 11.8 Å². The number of carbonyl (C=O) groups is 2. The number of rotatable bonds is 2. The maximum Gasteiger partial charge on any atom is 0.229 e. The Hall–Kier alpha value is -0.900. The number of nitrogens with zero attached hydrogens (tertiary/aromatic N) is 1. The third-order valence-electron chi connectivity index (χ3n) is 2.31. The third kappa shape index (κ3) is 4.75. The van der Waals surface area contributed by atoms with Crippen LogP contribution in [0.1, 0.15) is 40.0 Å². The van der Waals surface area contributed by atoms with Crippen LogP contribution in [0, 0.1) is 5.41 Å². The molecule has 0 saturated carbocycles. The Morgan fingerprint density at radius 2 is 1.56 bits per heavy atom. The van der Waals surface area contributed by atoms with Crippen molar-refractivity contribution in [3.8, 4) is 0 Å². The smallest absolute Gasteiger partial charge is 0.229 e. The first kappa shape index (κ1) is 15.1. The van der Waals surface area contributed by atoms with Crippen molar-refractivity contribution in [3.05, 3.63) is 0 Å². The van der Waals surface area contributed by atoms with Crippen LogP contribution in [-0.2, 0) is 9.59 Å². The summed E-state index contributed by atoms with van der Waals surface area (Å²) in [4.78, 5) is 24.4. The second kappa shape index (κ2) is 6.63. The summed E-state index contributed by atoms with van der Waals surface area (Å²) in [6, 6.07) is 0. The van der Waals surface area contributed by atoms with E-state index in [-0.39, 0.29) is 17.2 Å². The maximum atomic E-state index is 11.5.